The Labute approximate surface area is 124 Å². The quantitative estimate of drug-likeness (QED) is 0.842. The van der Waals surface area contributed by atoms with Gasteiger partial charge in [-0.05, 0) is 35.1 Å². The number of nitrogens with two attached hydrogens (primary N) is 1. The van der Waals surface area contributed by atoms with Crippen LogP contribution in [0.25, 0.3) is 0 Å². The van der Waals surface area contributed by atoms with Gasteiger partial charge in [-0.3, -0.25) is 0 Å². The molecule has 0 aromatic heterocycles. The molecule has 0 amide bonds. The van der Waals surface area contributed by atoms with E-state index >= 15 is 0 Å². The highest BCUT2D eigenvalue weighted by Gasteiger charge is 2.12. The molecule has 2 atom stereocenters. The lowest BCUT2D eigenvalue weighted by atomic mass is 9.94. The van der Waals surface area contributed by atoms with Gasteiger partial charge < -0.3 is 5.73 Å². The molecule has 0 saturated carbocycles. The molecule has 0 fully saturated rings. The van der Waals surface area contributed by atoms with Crippen LogP contribution in [0.2, 0.25) is 0 Å². The molecule has 2 unspecified atom stereocenters. The van der Waals surface area contributed by atoms with Crippen molar-refractivity contribution in [1.82, 2.24) is 0 Å². The minimum Gasteiger partial charge on any atom is -0.320 e. The normalized spacial score (nSPS) is 14.1. The fourth-order valence-corrected chi connectivity index (χ4v) is 2.71. The summed E-state index contributed by atoms with van der Waals surface area (Å²) in [4.78, 5) is 0. The van der Waals surface area contributed by atoms with E-state index in [1.54, 1.807) is 0 Å². The first-order chi connectivity index (χ1) is 9.13. The first-order valence-corrected chi connectivity index (χ1v) is 7.52. The molecule has 0 saturated heterocycles. The predicted octanol–water partition coefficient (Wildman–Crippen LogP) is 5.01. The average Bonchev–Trinajstić information content (AvgIpc) is 2.46. The maximum atomic E-state index is 6.35. The molecule has 0 heterocycles. The molecular formula is C17H20BrN. The SMILES string of the molecule is CCC(C)c1ccc(C(N)c2ccccc2Br)cc1. The largest absolute Gasteiger partial charge is 0.320 e. The fourth-order valence-electron chi connectivity index (χ4n) is 2.17. The predicted molar refractivity (Wildman–Crippen MR) is 85.3 cm³/mol. The Hall–Kier alpha value is -1.12. The standard InChI is InChI=1S/C17H20BrN/c1-3-12(2)13-8-10-14(11-9-13)17(19)15-6-4-5-7-16(15)18/h4-12,17H,3,19H2,1-2H3. The van der Waals surface area contributed by atoms with E-state index in [4.69, 9.17) is 5.73 Å². The van der Waals surface area contributed by atoms with Crippen molar-refractivity contribution in [2.45, 2.75) is 32.2 Å². The lowest BCUT2D eigenvalue weighted by Gasteiger charge is -2.16. The first kappa shape index (κ1) is 14.3. The summed E-state index contributed by atoms with van der Waals surface area (Å²) in [6, 6.07) is 16.7. The summed E-state index contributed by atoms with van der Waals surface area (Å²) < 4.78 is 1.06. The molecular weight excluding hydrogens is 298 g/mol. The van der Waals surface area contributed by atoms with Gasteiger partial charge in [-0.1, -0.05) is 72.2 Å². The molecule has 2 N–H and O–H groups in total. The Morgan fingerprint density at radius 3 is 2.16 bits per heavy atom. The van der Waals surface area contributed by atoms with Crippen molar-refractivity contribution in [3.05, 3.63) is 69.7 Å². The van der Waals surface area contributed by atoms with Crippen LogP contribution < -0.4 is 5.73 Å². The van der Waals surface area contributed by atoms with Gasteiger partial charge in [-0.15, -0.1) is 0 Å². The van der Waals surface area contributed by atoms with Crippen LogP contribution in [0.1, 0.15) is 48.9 Å². The van der Waals surface area contributed by atoms with Gasteiger partial charge in [0.25, 0.3) is 0 Å². The summed E-state index contributed by atoms with van der Waals surface area (Å²) in [5.74, 6) is 0.605. The molecule has 2 heteroatoms. The summed E-state index contributed by atoms with van der Waals surface area (Å²) in [6.07, 6.45) is 1.16. The van der Waals surface area contributed by atoms with Crippen molar-refractivity contribution in [2.24, 2.45) is 5.73 Å². The molecule has 2 rings (SSSR count). The smallest absolute Gasteiger partial charge is 0.0562 e. The van der Waals surface area contributed by atoms with Gasteiger partial charge in [0, 0.05) is 4.47 Å². The minimum atomic E-state index is -0.0819. The van der Waals surface area contributed by atoms with Crippen LogP contribution in [0.5, 0.6) is 0 Å². The van der Waals surface area contributed by atoms with Crippen molar-refractivity contribution in [3.8, 4) is 0 Å². The molecule has 0 spiro atoms. The lowest BCUT2D eigenvalue weighted by molar-refractivity contribution is 0.732. The van der Waals surface area contributed by atoms with E-state index in [0.717, 1.165) is 22.0 Å². The van der Waals surface area contributed by atoms with Crippen LogP contribution in [-0.4, -0.2) is 0 Å². The first-order valence-electron chi connectivity index (χ1n) is 6.73. The molecule has 19 heavy (non-hydrogen) atoms. The zero-order valence-electron chi connectivity index (χ0n) is 11.4. The molecule has 1 nitrogen and oxygen atoms in total. The van der Waals surface area contributed by atoms with Crippen LogP contribution in [0.4, 0.5) is 0 Å². The van der Waals surface area contributed by atoms with E-state index in [1.807, 2.05) is 18.2 Å². The number of halogens is 1. The van der Waals surface area contributed by atoms with Crippen LogP contribution >= 0.6 is 15.9 Å². The van der Waals surface area contributed by atoms with E-state index in [2.05, 4.69) is 60.1 Å². The van der Waals surface area contributed by atoms with Crippen molar-refractivity contribution in [2.75, 3.05) is 0 Å². The van der Waals surface area contributed by atoms with E-state index in [-0.39, 0.29) is 6.04 Å². The van der Waals surface area contributed by atoms with Gasteiger partial charge >= 0.3 is 0 Å². The van der Waals surface area contributed by atoms with Gasteiger partial charge in [0.1, 0.15) is 0 Å². The summed E-state index contributed by atoms with van der Waals surface area (Å²) in [7, 11) is 0. The third kappa shape index (κ3) is 3.26. The maximum absolute atomic E-state index is 6.35. The molecule has 0 bridgehead atoms. The monoisotopic (exact) mass is 317 g/mol. The van der Waals surface area contributed by atoms with Gasteiger partial charge in [-0.2, -0.15) is 0 Å². The van der Waals surface area contributed by atoms with E-state index in [0.29, 0.717) is 5.92 Å². The van der Waals surface area contributed by atoms with Crippen molar-refractivity contribution in [3.63, 3.8) is 0 Å². The Bertz CT molecular complexity index is 533. The van der Waals surface area contributed by atoms with Crippen molar-refractivity contribution < 1.29 is 0 Å². The van der Waals surface area contributed by atoms with Crippen molar-refractivity contribution >= 4 is 15.9 Å². The summed E-state index contributed by atoms with van der Waals surface area (Å²) in [6.45, 7) is 4.47. The molecule has 2 aromatic rings. The van der Waals surface area contributed by atoms with Crippen LogP contribution in [0.3, 0.4) is 0 Å². The Morgan fingerprint density at radius 1 is 1.00 bits per heavy atom. The van der Waals surface area contributed by atoms with Crippen LogP contribution in [0.15, 0.2) is 53.0 Å². The van der Waals surface area contributed by atoms with E-state index in [9.17, 15) is 0 Å². The lowest BCUT2D eigenvalue weighted by Crippen LogP contribution is -2.12. The van der Waals surface area contributed by atoms with Gasteiger partial charge in [-0.25, -0.2) is 0 Å². The zero-order chi connectivity index (χ0) is 13.8. The third-order valence-electron chi connectivity index (χ3n) is 3.72. The van der Waals surface area contributed by atoms with Gasteiger partial charge in [0.05, 0.1) is 6.04 Å². The highest BCUT2D eigenvalue weighted by atomic mass is 79.9. The van der Waals surface area contributed by atoms with Gasteiger partial charge in [0.15, 0.2) is 0 Å². The second kappa shape index (κ2) is 6.36. The third-order valence-corrected chi connectivity index (χ3v) is 4.44. The summed E-state index contributed by atoms with van der Waals surface area (Å²) in [5.41, 5.74) is 10.0. The Balaban J connectivity index is 2.25. The maximum Gasteiger partial charge on any atom is 0.0562 e. The van der Waals surface area contributed by atoms with Crippen LogP contribution in [0, 0.1) is 0 Å². The highest BCUT2D eigenvalue weighted by Crippen LogP contribution is 2.28. The average molecular weight is 318 g/mol. The molecule has 100 valence electrons. The topological polar surface area (TPSA) is 26.0 Å². The fraction of sp³-hybridized carbons (Fsp3) is 0.294. The summed E-state index contributed by atoms with van der Waals surface area (Å²) >= 11 is 3.56. The number of hydrogen-bond donors (Lipinski definition) is 1. The van der Waals surface area contributed by atoms with Crippen LogP contribution in [-0.2, 0) is 0 Å². The highest BCUT2D eigenvalue weighted by molar-refractivity contribution is 9.10. The van der Waals surface area contributed by atoms with Crippen molar-refractivity contribution in [1.29, 1.82) is 0 Å². The zero-order valence-corrected chi connectivity index (χ0v) is 13.0. The number of benzene rings is 2. The summed E-state index contributed by atoms with van der Waals surface area (Å²) in [5, 5.41) is 0. The van der Waals surface area contributed by atoms with E-state index in [1.165, 1.54) is 5.56 Å². The Kier molecular flexibility index (Phi) is 4.78. The number of hydrogen-bond acceptors (Lipinski definition) is 1. The van der Waals surface area contributed by atoms with Gasteiger partial charge in [0.2, 0.25) is 0 Å². The molecule has 0 radical (unpaired) electrons. The molecule has 0 aliphatic rings. The minimum absolute atomic E-state index is 0.0819. The molecule has 2 aromatic carbocycles. The molecule has 0 aliphatic heterocycles. The number of rotatable bonds is 4. The Morgan fingerprint density at radius 2 is 1.58 bits per heavy atom. The molecule has 0 aliphatic carbocycles. The second-order valence-corrected chi connectivity index (χ2v) is 5.83. The van der Waals surface area contributed by atoms with E-state index < -0.39 is 0 Å². The second-order valence-electron chi connectivity index (χ2n) is 4.98.